The van der Waals surface area contributed by atoms with Gasteiger partial charge in [0.1, 0.15) is 4.60 Å². The first kappa shape index (κ1) is 14.0. The molecular formula is C13H13BrN2O2S. The minimum atomic E-state index is -3.58. The second kappa shape index (κ2) is 5.71. The molecule has 0 spiro atoms. The molecule has 1 N–H and O–H groups in total. The largest absolute Gasteiger partial charge is 0.277 e. The molecule has 1 aromatic heterocycles. The van der Waals surface area contributed by atoms with Gasteiger partial charge in [-0.15, -0.1) is 0 Å². The van der Waals surface area contributed by atoms with E-state index in [4.69, 9.17) is 0 Å². The highest BCUT2D eigenvalue weighted by atomic mass is 79.9. The van der Waals surface area contributed by atoms with Crippen LogP contribution in [0.4, 0.5) is 5.69 Å². The first-order chi connectivity index (χ1) is 9.03. The monoisotopic (exact) mass is 340 g/mol. The van der Waals surface area contributed by atoms with Crippen LogP contribution in [0.2, 0.25) is 0 Å². The third-order valence-corrected chi connectivity index (χ3v) is 4.66. The van der Waals surface area contributed by atoms with Crippen molar-refractivity contribution in [3.63, 3.8) is 0 Å². The first-order valence-electron chi connectivity index (χ1n) is 5.75. The third kappa shape index (κ3) is 3.33. The molecule has 0 amide bonds. The highest BCUT2D eigenvalue weighted by Gasteiger charge is 2.15. The summed E-state index contributed by atoms with van der Waals surface area (Å²) in [6, 6.07) is 10.1. The average molecular weight is 341 g/mol. The van der Waals surface area contributed by atoms with Crippen LogP contribution in [-0.2, 0) is 16.4 Å². The summed E-state index contributed by atoms with van der Waals surface area (Å²) < 4.78 is 27.4. The predicted molar refractivity (Wildman–Crippen MR) is 78.6 cm³/mol. The molecule has 2 rings (SSSR count). The van der Waals surface area contributed by atoms with Crippen LogP contribution >= 0.6 is 15.9 Å². The standard InChI is InChI=1S/C13H13BrN2O2S/c1-2-10-5-7-11(8-6-10)19(17,18)16-12-4-3-9-15-13(12)14/h3-9,16H,2H2,1H3. The molecule has 4 nitrogen and oxygen atoms in total. The Morgan fingerprint density at radius 1 is 1.21 bits per heavy atom. The zero-order valence-corrected chi connectivity index (χ0v) is 12.7. The van der Waals surface area contributed by atoms with E-state index in [-0.39, 0.29) is 4.90 Å². The van der Waals surface area contributed by atoms with Crippen LogP contribution in [0.15, 0.2) is 52.1 Å². The molecule has 0 fully saturated rings. The zero-order valence-electron chi connectivity index (χ0n) is 10.3. The van der Waals surface area contributed by atoms with Gasteiger partial charge in [-0.1, -0.05) is 19.1 Å². The maximum atomic E-state index is 12.2. The summed E-state index contributed by atoms with van der Waals surface area (Å²) in [5.74, 6) is 0. The molecule has 0 saturated heterocycles. The molecule has 19 heavy (non-hydrogen) atoms. The first-order valence-corrected chi connectivity index (χ1v) is 8.03. The summed E-state index contributed by atoms with van der Waals surface area (Å²) in [5, 5.41) is 0. The smallest absolute Gasteiger partial charge is 0.261 e. The summed E-state index contributed by atoms with van der Waals surface area (Å²) in [7, 11) is -3.58. The van der Waals surface area contributed by atoms with Crippen molar-refractivity contribution in [2.24, 2.45) is 0 Å². The van der Waals surface area contributed by atoms with Gasteiger partial charge in [0.15, 0.2) is 0 Å². The number of nitrogens with zero attached hydrogens (tertiary/aromatic N) is 1. The molecule has 0 saturated carbocycles. The second-order valence-electron chi connectivity index (χ2n) is 3.94. The van der Waals surface area contributed by atoms with Gasteiger partial charge in [-0.05, 0) is 52.2 Å². The molecule has 6 heteroatoms. The molecule has 1 heterocycles. The molecule has 0 aliphatic carbocycles. The lowest BCUT2D eigenvalue weighted by Crippen LogP contribution is -2.13. The van der Waals surface area contributed by atoms with E-state index in [1.165, 1.54) is 0 Å². The van der Waals surface area contributed by atoms with E-state index in [0.29, 0.717) is 10.3 Å². The van der Waals surface area contributed by atoms with Crippen LogP contribution in [0.3, 0.4) is 0 Å². The number of hydrogen-bond acceptors (Lipinski definition) is 3. The fourth-order valence-electron chi connectivity index (χ4n) is 1.57. The van der Waals surface area contributed by atoms with Crippen LogP contribution < -0.4 is 4.72 Å². The maximum Gasteiger partial charge on any atom is 0.261 e. The molecule has 100 valence electrons. The summed E-state index contributed by atoms with van der Waals surface area (Å²) in [6.07, 6.45) is 2.46. The fraction of sp³-hybridized carbons (Fsp3) is 0.154. The van der Waals surface area contributed by atoms with Gasteiger partial charge in [0.25, 0.3) is 10.0 Å². The summed E-state index contributed by atoms with van der Waals surface area (Å²) in [5.41, 5.74) is 1.52. The van der Waals surface area contributed by atoms with Crippen LogP contribution in [0.1, 0.15) is 12.5 Å². The minimum Gasteiger partial charge on any atom is -0.277 e. The summed E-state index contributed by atoms with van der Waals surface area (Å²) >= 11 is 3.21. The lowest BCUT2D eigenvalue weighted by atomic mass is 10.2. The third-order valence-electron chi connectivity index (χ3n) is 2.65. The van der Waals surface area contributed by atoms with Gasteiger partial charge < -0.3 is 0 Å². The normalized spacial score (nSPS) is 11.3. The molecular weight excluding hydrogens is 328 g/mol. The quantitative estimate of drug-likeness (QED) is 0.869. The number of pyridine rings is 1. The van der Waals surface area contributed by atoms with E-state index >= 15 is 0 Å². The number of anilines is 1. The molecule has 0 radical (unpaired) electrons. The lowest BCUT2D eigenvalue weighted by Gasteiger charge is -2.09. The van der Waals surface area contributed by atoms with E-state index in [0.717, 1.165) is 12.0 Å². The fourth-order valence-corrected chi connectivity index (χ4v) is 3.12. The van der Waals surface area contributed by atoms with E-state index in [1.54, 1.807) is 30.5 Å². The van der Waals surface area contributed by atoms with Gasteiger partial charge in [-0.2, -0.15) is 0 Å². The number of aryl methyl sites for hydroxylation is 1. The van der Waals surface area contributed by atoms with Crippen molar-refractivity contribution < 1.29 is 8.42 Å². The van der Waals surface area contributed by atoms with Gasteiger partial charge in [-0.25, -0.2) is 13.4 Å². The van der Waals surface area contributed by atoms with E-state index in [2.05, 4.69) is 25.6 Å². The van der Waals surface area contributed by atoms with Crippen molar-refractivity contribution in [3.8, 4) is 0 Å². The van der Waals surface area contributed by atoms with Crippen molar-refractivity contribution in [1.29, 1.82) is 0 Å². The predicted octanol–water partition coefficient (Wildman–Crippen LogP) is 3.21. The highest BCUT2D eigenvalue weighted by molar-refractivity contribution is 9.10. The van der Waals surface area contributed by atoms with E-state index in [9.17, 15) is 8.42 Å². The van der Waals surface area contributed by atoms with Gasteiger partial charge in [0, 0.05) is 6.20 Å². The number of nitrogens with one attached hydrogen (secondary N) is 1. The molecule has 0 aliphatic rings. The van der Waals surface area contributed by atoms with Crippen LogP contribution in [0.5, 0.6) is 0 Å². The second-order valence-corrected chi connectivity index (χ2v) is 6.38. The van der Waals surface area contributed by atoms with Crippen LogP contribution in [0, 0.1) is 0 Å². The van der Waals surface area contributed by atoms with Gasteiger partial charge >= 0.3 is 0 Å². The van der Waals surface area contributed by atoms with Crippen LogP contribution in [-0.4, -0.2) is 13.4 Å². The van der Waals surface area contributed by atoms with Gasteiger partial charge in [0.05, 0.1) is 10.6 Å². The lowest BCUT2D eigenvalue weighted by molar-refractivity contribution is 0.601. The zero-order chi connectivity index (χ0) is 13.9. The Morgan fingerprint density at radius 2 is 1.89 bits per heavy atom. The number of benzene rings is 1. The number of sulfonamides is 1. The van der Waals surface area contributed by atoms with Crippen molar-refractivity contribution in [2.75, 3.05) is 4.72 Å². The molecule has 0 atom stereocenters. The van der Waals surface area contributed by atoms with E-state index in [1.807, 2.05) is 19.1 Å². The Kier molecular flexibility index (Phi) is 4.21. The average Bonchev–Trinajstić information content (AvgIpc) is 2.41. The minimum absolute atomic E-state index is 0.237. The Balaban J connectivity index is 2.30. The molecule has 2 aromatic rings. The Hall–Kier alpha value is -1.40. The Bertz CT molecular complexity index is 669. The summed E-state index contributed by atoms with van der Waals surface area (Å²) in [6.45, 7) is 2.02. The number of hydrogen-bond donors (Lipinski definition) is 1. The number of aromatic nitrogens is 1. The number of halogens is 1. The number of rotatable bonds is 4. The molecule has 0 unspecified atom stereocenters. The van der Waals surface area contributed by atoms with Crippen molar-refractivity contribution >= 4 is 31.6 Å². The van der Waals surface area contributed by atoms with Crippen molar-refractivity contribution in [3.05, 3.63) is 52.8 Å². The Morgan fingerprint density at radius 3 is 2.47 bits per heavy atom. The molecule has 0 aliphatic heterocycles. The topological polar surface area (TPSA) is 59.1 Å². The molecule has 1 aromatic carbocycles. The summed E-state index contributed by atoms with van der Waals surface area (Å²) in [4.78, 5) is 4.21. The SMILES string of the molecule is CCc1ccc(S(=O)(=O)Nc2cccnc2Br)cc1. The van der Waals surface area contributed by atoms with Crippen molar-refractivity contribution in [1.82, 2.24) is 4.98 Å². The van der Waals surface area contributed by atoms with E-state index < -0.39 is 10.0 Å². The van der Waals surface area contributed by atoms with Gasteiger partial charge in [-0.3, -0.25) is 4.72 Å². The highest BCUT2D eigenvalue weighted by Crippen LogP contribution is 2.22. The van der Waals surface area contributed by atoms with Gasteiger partial charge in [0.2, 0.25) is 0 Å². The molecule has 0 bridgehead atoms. The maximum absolute atomic E-state index is 12.2. The van der Waals surface area contributed by atoms with Crippen molar-refractivity contribution in [2.45, 2.75) is 18.2 Å². The Labute approximate surface area is 121 Å². The van der Waals surface area contributed by atoms with Crippen LogP contribution in [0.25, 0.3) is 0 Å².